The summed E-state index contributed by atoms with van der Waals surface area (Å²) in [5.74, 6) is 2.34. The van der Waals surface area contributed by atoms with Crippen LogP contribution in [0.1, 0.15) is 43.5 Å². The van der Waals surface area contributed by atoms with E-state index in [-0.39, 0.29) is 24.0 Å². The summed E-state index contributed by atoms with van der Waals surface area (Å²) in [7, 11) is 1.66. The summed E-state index contributed by atoms with van der Waals surface area (Å²) in [5.41, 5.74) is 3.39. The van der Waals surface area contributed by atoms with Gasteiger partial charge in [0.15, 0.2) is 6.19 Å². The van der Waals surface area contributed by atoms with E-state index in [1.165, 1.54) is 10.9 Å². The van der Waals surface area contributed by atoms with Gasteiger partial charge in [0.25, 0.3) is 0 Å². The van der Waals surface area contributed by atoms with E-state index in [1.807, 2.05) is 35.2 Å². The van der Waals surface area contributed by atoms with Crippen molar-refractivity contribution < 1.29 is 14.6 Å². The number of nitrogens with zero attached hydrogens (tertiary/aromatic N) is 2. The van der Waals surface area contributed by atoms with Gasteiger partial charge in [0, 0.05) is 24.0 Å². The van der Waals surface area contributed by atoms with E-state index in [0.29, 0.717) is 12.5 Å². The molecule has 0 radical (unpaired) electrons. The fraction of sp³-hybridized carbons (Fsp3) is 0.464. The molecule has 1 aromatic heterocycles. The van der Waals surface area contributed by atoms with Crippen LogP contribution in [-0.2, 0) is 6.42 Å². The molecule has 1 aliphatic carbocycles. The summed E-state index contributed by atoms with van der Waals surface area (Å²) in [6.07, 6.45) is 5.23. The van der Waals surface area contributed by atoms with E-state index in [9.17, 15) is 10.4 Å². The van der Waals surface area contributed by atoms with Crippen molar-refractivity contribution in [3.63, 3.8) is 0 Å². The van der Waals surface area contributed by atoms with Crippen molar-refractivity contribution in [1.82, 2.24) is 9.88 Å². The molecule has 0 spiro atoms. The lowest BCUT2D eigenvalue weighted by Crippen LogP contribution is -2.43. The average molecular weight is 460 g/mol. The molecule has 2 aromatic carbocycles. The second kappa shape index (κ2) is 9.60. The maximum atomic E-state index is 10.7. The third-order valence-corrected chi connectivity index (χ3v) is 7.94. The molecular formula is C28H33N3O3. The molecule has 0 saturated heterocycles. The van der Waals surface area contributed by atoms with E-state index >= 15 is 0 Å². The van der Waals surface area contributed by atoms with Crippen molar-refractivity contribution >= 4 is 10.9 Å². The number of para-hydroxylation sites is 1. The van der Waals surface area contributed by atoms with Gasteiger partial charge in [0.05, 0.1) is 18.9 Å². The Morgan fingerprint density at radius 3 is 2.62 bits per heavy atom. The minimum atomic E-state index is -0.316. The number of fused-ring (bicyclic) bond motifs is 4. The van der Waals surface area contributed by atoms with Gasteiger partial charge in [-0.3, -0.25) is 0 Å². The third-order valence-electron chi connectivity index (χ3n) is 7.94. The predicted molar refractivity (Wildman–Crippen MR) is 132 cm³/mol. The highest BCUT2D eigenvalue weighted by Crippen LogP contribution is 2.44. The van der Waals surface area contributed by atoms with E-state index in [0.717, 1.165) is 54.9 Å². The molecule has 0 amide bonds. The van der Waals surface area contributed by atoms with Gasteiger partial charge >= 0.3 is 0 Å². The number of aromatic nitrogens is 1. The second-order valence-electron chi connectivity index (χ2n) is 9.80. The summed E-state index contributed by atoms with van der Waals surface area (Å²) >= 11 is 0. The lowest BCUT2D eigenvalue weighted by atomic mass is 9.68. The van der Waals surface area contributed by atoms with Crippen LogP contribution >= 0.6 is 0 Å². The highest BCUT2D eigenvalue weighted by Gasteiger charge is 2.40. The van der Waals surface area contributed by atoms with Crippen molar-refractivity contribution in [2.75, 3.05) is 20.2 Å². The van der Waals surface area contributed by atoms with Gasteiger partial charge in [-0.1, -0.05) is 25.1 Å². The van der Waals surface area contributed by atoms with Crippen LogP contribution in [0.5, 0.6) is 11.5 Å². The number of nitrogens with one attached hydrogen (secondary N) is 1. The van der Waals surface area contributed by atoms with Crippen molar-refractivity contribution in [3.8, 4) is 17.7 Å². The zero-order valence-electron chi connectivity index (χ0n) is 19.9. The van der Waals surface area contributed by atoms with Gasteiger partial charge in [-0.15, -0.1) is 0 Å². The lowest BCUT2D eigenvalue weighted by Gasteiger charge is -2.42. The monoisotopic (exact) mass is 459 g/mol. The van der Waals surface area contributed by atoms with Crippen molar-refractivity contribution in [1.29, 1.82) is 5.26 Å². The van der Waals surface area contributed by atoms with Gasteiger partial charge in [-0.25, -0.2) is 0 Å². The molecule has 1 aliphatic heterocycles. The van der Waals surface area contributed by atoms with Crippen LogP contribution in [0.3, 0.4) is 0 Å². The van der Waals surface area contributed by atoms with E-state index < -0.39 is 0 Å². The van der Waals surface area contributed by atoms with Crippen molar-refractivity contribution in [3.05, 3.63) is 59.8 Å². The highest BCUT2D eigenvalue weighted by molar-refractivity contribution is 5.84. The molecule has 5 atom stereocenters. The van der Waals surface area contributed by atoms with Crippen LogP contribution in [0.15, 0.2) is 48.5 Å². The fourth-order valence-corrected chi connectivity index (χ4v) is 5.98. The average Bonchev–Trinajstić information content (AvgIpc) is 3.24. The number of rotatable bonds is 3. The number of aromatic amines is 1. The Morgan fingerprint density at radius 2 is 1.85 bits per heavy atom. The second-order valence-corrected chi connectivity index (χ2v) is 9.80. The minimum absolute atomic E-state index is 0.147. The topological polar surface area (TPSA) is 81.5 Å². The number of hydrogen-bond donors (Lipinski definition) is 2. The van der Waals surface area contributed by atoms with Crippen LogP contribution < -0.4 is 9.47 Å². The maximum absolute atomic E-state index is 10.7. The number of aliphatic hydroxyl groups is 1. The summed E-state index contributed by atoms with van der Waals surface area (Å²) in [5, 5.41) is 21.8. The number of H-pyrrole nitrogens is 1. The Balaban J connectivity index is 1.59. The molecule has 178 valence electrons. The molecule has 3 aromatic rings. The van der Waals surface area contributed by atoms with Gasteiger partial charge in [0.2, 0.25) is 0 Å². The van der Waals surface area contributed by atoms with Crippen LogP contribution in [0, 0.1) is 29.2 Å². The molecule has 6 nitrogen and oxygen atoms in total. The van der Waals surface area contributed by atoms with Gasteiger partial charge in [0.1, 0.15) is 17.6 Å². The predicted octanol–water partition coefficient (Wildman–Crippen LogP) is 5.05. The molecule has 2 heterocycles. The van der Waals surface area contributed by atoms with E-state index in [1.54, 1.807) is 7.11 Å². The van der Waals surface area contributed by atoms with E-state index in [2.05, 4.69) is 36.3 Å². The fourth-order valence-electron chi connectivity index (χ4n) is 5.98. The number of nitriles is 1. The quantitative estimate of drug-likeness (QED) is 0.536. The summed E-state index contributed by atoms with van der Waals surface area (Å²) in [6.45, 7) is 3.58. The van der Waals surface area contributed by atoms with Gasteiger partial charge < -0.3 is 24.5 Å². The first-order valence-electron chi connectivity index (χ1n) is 12.3. The summed E-state index contributed by atoms with van der Waals surface area (Å²) in [6, 6.07) is 16.1. The first-order valence-corrected chi connectivity index (χ1v) is 12.3. The Bertz CT molecular complexity index is 1170. The first-order chi connectivity index (χ1) is 16.6. The molecule has 34 heavy (non-hydrogen) atoms. The molecule has 1 saturated carbocycles. The van der Waals surface area contributed by atoms with Crippen molar-refractivity contribution in [2.45, 2.75) is 44.8 Å². The third kappa shape index (κ3) is 4.33. The van der Waals surface area contributed by atoms with Gasteiger partial charge in [-0.05, 0) is 79.3 Å². The molecular weight excluding hydrogens is 426 g/mol. The summed E-state index contributed by atoms with van der Waals surface area (Å²) in [4.78, 5) is 5.58. The molecule has 5 rings (SSSR count). The number of methoxy groups -OCH3 is 1. The normalized spacial score (nSPS) is 27.4. The molecule has 1 fully saturated rings. The van der Waals surface area contributed by atoms with E-state index in [4.69, 9.17) is 9.47 Å². The first kappa shape index (κ1) is 22.6. The Kier molecular flexibility index (Phi) is 6.38. The molecule has 6 heteroatoms. The summed E-state index contributed by atoms with van der Waals surface area (Å²) < 4.78 is 12.0. The van der Waals surface area contributed by atoms with Crippen LogP contribution in [-0.4, -0.2) is 41.3 Å². The number of hydrogen-bond acceptors (Lipinski definition) is 5. The largest absolute Gasteiger partial charge is 0.497 e. The minimum Gasteiger partial charge on any atom is -0.497 e. The standard InChI is InChI=1S/C28H33N3O3/c1-18-24-15-27(34-21-10-8-20(33-2)9-11-21)28-23(22-5-3-4-6-25(22)30-28)13-14-31(17-29)16-19(24)7-12-26(18)32/h3-6,8-11,18-19,24,26-27,30,32H,7,12-16H2,1-2H3/t18-,19+,24-,26+,27-/m1/s1. The smallest absolute Gasteiger partial charge is 0.179 e. The number of ether oxygens (including phenoxy) is 2. The van der Waals surface area contributed by atoms with Crippen LogP contribution in [0.2, 0.25) is 0 Å². The Hall–Kier alpha value is -3.17. The molecule has 2 aliphatic rings. The van der Waals surface area contributed by atoms with Crippen LogP contribution in [0.25, 0.3) is 10.9 Å². The number of benzene rings is 2. The van der Waals surface area contributed by atoms with Gasteiger partial charge in [-0.2, -0.15) is 5.26 Å². The molecule has 0 unspecified atom stereocenters. The molecule has 2 N–H and O–H groups in total. The zero-order valence-corrected chi connectivity index (χ0v) is 19.9. The lowest BCUT2D eigenvalue weighted by molar-refractivity contribution is -0.0146. The maximum Gasteiger partial charge on any atom is 0.179 e. The van der Waals surface area contributed by atoms with Crippen molar-refractivity contribution in [2.24, 2.45) is 17.8 Å². The number of aliphatic hydroxyl groups excluding tert-OH is 1. The van der Waals surface area contributed by atoms with Crippen LogP contribution in [0.4, 0.5) is 0 Å². The SMILES string of the molecule is COc1ccc(O[C@@H]2C[C@H]3[C@@H](CC[C@H](O)[C@@H]3C)CN(C#N)CCc3c2[nH]c2ccccc32)cc1. The molecule has 0 bridgehead atoms. The highest BCUT2D eigenvalue weighted by atomic mass is 16.5. The Morgan fingerprint density at radius 1 is 1.09 bits per heavy atom. The Labute approximate surface area is 201 Å². The zero-order chi connectivity index (χ0) is 23.7.